The van der Waals surface area contributed by atoms with E-state index in [4.69, 9.17) is 21.1 Å². The number of Topliss-reactive ketones (excluding diaryl/α,β-unsaturated/α-hetero) is 1. The molecule has 0 unspecified atom stereocenters. The van der Waals surface area contributed by atoms with Crippen molar-refractivity contribution in [2.24, 2.45) is 0 Å². The molecule has 0 aliphatic carbocycles. The standard InChI is InChI=1S/C20H20ClNO5/c1-4-17(19(24)13-8-6-5-7-9-13)27-20(25)14-10-15(21)16(22-12(2)23)11-18(14)26-3/h5-11,17H,4H2,1-3H3,(H,22,23)/t17-/m1/s1. The molecule has 2 aromatic rings. The second kappa shape index (κ2) is 9.19. The molecule has 2 aromatic carbocycles. The van der Waals surface area contributed by atoms with Gasteiger partial charge < -0.3 is 14.8 Å². The van der Waals surface area contributed by atoms with Gasteiger partial charge in [0.2, 0.25) is 11.7 Å². The molecule has 0 fully saturated rings. The Morgan fingerprint density at radius 1 is 1.15 bits per heavy atom. The molecule has 0 spiro atoms. The smallest absolute Gasteiger partial charge is 0.342 e. The average Bonchev–Trinajstić information content (AvgIpc) is 2.66. The first-order valence-corrected chi connectivity index (χ1v) is 8.70. The highest BCUT2D eigenvalue weighted by Gasteiger charge is 2.25. The number of anilines is 1. The van der Waals surface area contributed by atoms with Gasteiger partial charge in [-0.15, -0.1) is 0 Å². The molecule has 1 atom stereocenters. The number of carbonyl (C=O) groups is 3. The number of benzene rings is 2. The van der Waals surface area contributed by atoms with Crippen LogP contribution in [0, 0.1) is 0 Å². The molecule has 0 aliphatic rings. The van der Waals surface area contributed by atoms with Gasteiger partial charge in [0.1, 0.15) is 11.3 Å². The van der Waals surface area contributed by atoms with Crippen molar-refractivity contribution < 1.29 is 23.9 Å². The Bertz CT molecular complexity index is 851. The van der Waals surface area contributed by atoms with Gasteiger partial charge in [-0.2, -0.15) is 0 Å². The lowest BCUT2D eigenvalue weighted by atomic mass is 10.0. The van der Waals surface area contributed by atoms with Gasteiger partial charge in [0, 0.05) is 18.6 Å². The average molecular weight is 390 g/mol. The van der Waals surface area contributed by atoms with Crippen molar-refractivity contribution in [2.45, 2.75) is 26.4 Å². The van der Waals surface area contributed by atoms with Crippen molar-refractivity contribution in [2.75, 3.05) is 12.4 Å². The van der Waals surface area contributed by atoms with Crippen LogP contribution in [0.2, 0.25) is 5.02 Å². The summed E-state index contributed by atoms with van der Waals surface area (Å²) in [5, 5.41) is 2.70. The van der Waals surface area contributed by atoms with Gasteiger partial charge in [0.15, 0.2) is 6.10 Å². The summed E-state index contributed by atoms with van der Waals surface area (Å²) in [6.07, 6.45) is -0.613. The lowest BCUT2D eigenvalue weighted by molar-refractivity contribution is -0.114. The number of ether oxygens (including phenoxy) is 2. The summed E-state index contributed by atoms with van der Waals surface area (Å²) in [5.41, 5.74) is 0.837. The van der Waals surface area contributed by atoms with Gasteiger partial charge in [-0.05, 0) is 12.5 Å². The van der Waals surface area contributed by atoms with Gasteiger partial charge in [-0.3, -0.25) is 9.59 Å². The Balaban J connectivity index is 2.26. The molecule has 0 aromatic heterocycles. The third-order valence-corrected chi connectivity index (χ3v) is 4.10. The van der Waals surface area contributed by atoms with Crippen molar-refractivity contribution in [3.8, 4) is 5.75 Å². The number of ketones is 1. The molecular weight excluding hydrogens is 370 g/mol. The van der Waals surface area contributed by atoms with Crippen LogP contribution in [0.1, 0.15) is 41.0 Å². The third-order valence-electron chi connectivity index (χ3n) is 3.79. The SMILES string of the molecule is CC[C@@H](OC(=O)c1cc(Cl)c(NC(C)=O)cc1OC)C(=O)c1ccccc1. The van der Waals surface area contributed by atoms with Gasteiger partial charge in [-0.25, -0.2) is 4.79 Å². The topological polar surface area (TPSA) is 81.7 Å². The highest BCUT2D eigenvalue weighted by Crippen LogP contribution is 2.32. The first-order chi connectivity index (χ1) is 12.9. The Labute approximate surface area is 162 Å². The number of amides is 1. The largest absolute Gasteiger partial charge is 0.496 e. The highest BCUT2D eigenvalue weighted by molar-refractivity contribution is 6.34. The van der Waals surface area contributed by atoms with E-state index in [9.17, 15) is 14.4 Å². The minimum atomic E-state index is -0.932. The van der Waals surface area contributed by atoms with E-state index in [1.165, 1.54) is 26.2 Å². The number of rotatable bonds is 7. The first-order valence-electron chi connectivity index (χ1n) is 8.32. The monoisotopic (exact) mass is 389 g/mol. The molecule has 0 heterocycles. The fourth-order valence-electron chi connectivity index (χ4n) is 2.47. The van der Waals surface area contributed by atoms with E-state index in [2.05, 4.69) is 5.32 Å². The fourth-order valence-corrected chi connectivity index (χ4v) is 2.68. The number of hydrogen-bond acceptors (Lipinski definition) is 5. The Morgan fingerprint density at radius 3 is 2.37 bits per heavy atom. The van der Waals surface area contributed by atoms with Crippen molar-refractivity contribution in [3.05, 3.63) is 58.6 Å². The lowest BCUT2D eigenvalue weighted by Gasteiger charge is -2.17. The van der Waals surface area contributed by atoms with Crippen molar-refractivity contribution in [3.63, 3.8) is 0 Å². The zero-order valence-corrected chi connectivity index (χ0v) is 16.0. The number of nitrogens with one attached hydrogen (secondary N) is 1. The molecule has 2 rings (SSSR count). The van der Waals surface area contributed by atoms with Crippen LogP contribution in [0.15, 0.2) is 42.5 Å². The molecule has 7 heteroatoms. The van der Waals surface area contributed by atoms with Crippen LogP contribution < -0.4 is 10.1 Å². The van der Waals surface area contributed by atoms with E-state index < -0.39 is 12.1 Å². The lowest BCUT2D eigenvalue weighted by Crippen LogP contribution is -2.27. The fraction of sp³-hybridized carbons (Fsp3) is 0.250. The van der Waals surface area contributed by atoms with E-state index in [1.54, 1.807) is 37.3 Å². The summed E-state index contributed by atoms with van der Waals surface area (Å²) in [5.74, 6) is -1.16. The van der Waals surface area contributed by atoms with Crippen LogP contribution in [-0.4, -0.2) is 30.9 Å². The number of carbonyl (C=O) groups excluding carboxylic acids is 3. The van der Waals surface area contributed by atoms with Gasteiger partial charge >= 0.3 is 5.97 Å². The van der Waals surface area contributed by atoms with E-state index in [-0.39, 0.29) is 28.0 Å². The zero-order chi connectivity index (χ0) is 20.0. The summed E-state index contributed by atoms with van der Waals surface area (Å²) in [6, 6.07) is 11.4. The molecule has 0 saturated carbocycles. The van der Waals surface area contributed by atoms with Gasteiger partial charge in [0.25, 0.3) is 0 Å². The zero-order valence-electron chi connectivity index (χ0n) is 15.2. The van der Waals surface area contributed by atoms with Crippen molar-refractivity contribution >= 4 is 34.9 Å². The van der Waals surface area contributed by atoms with Crippen molar-refractivity contribution in [1.29, 1.82) is 0 Å². The minimum Gasteiger partial charge on any atom is -0.496 e. The summed E-state index contributed by atoms with van der Waals surface area (Å²) >= 11 is 6.13. The molecule has 142 valence electrons. The summed E-state index contributed by atoms with van der Waals surface area (Å²) in [4.78, 5) is 36.4. The van der Waals surface area contributed by atoms with E-state index >= 15 is 0 Å². The Hall–Kier alpha value is -2.86. The molecule has 27 heavy (non-hydrogen) atoms. The number of methoxy groups -OCH3 is 1. The van der Waals surface area contributed by atoms with Crippen LogP contribution in [0.4, 0.5) is 5.69 Å². The molecule has 1 N–H and O–H groups in total. The van der Waals surface area contributed by atoms with E-state index in [0.717, 1.165) is 0 Å². The quantitative estimate of drug-likeness (QED) is 0.568. The first kappa shape index (κ1) is 20.5. The van der Waals surface area contributed by atoms with E-state index in [1.807, 2.05) is 0 Å². The third kappa shape index (κ3) is 5.08. The number of hydrogen-bond donors (Lipinski definition) is 1. The minimum absolute atomic E-state index is 0.0657. The van der Waals surface area contributed by atoms with Crippen LogP contribution in [0.25, 0.3) is 0 Å². The van der Waals surface area contributed by atoms with Crippen LogP contribution in [-0.2, 0) is 9.53 Å². The van der Waals surface area contributed by atoms with Crippen molar-refractivity contribution in [1.82, 2.24) is 0 Å². The van der Waals surface area contributed by atoms with Crippen LogP contribution in [0.5, 0.6) is 5.75 Å². The highest BCUT2D eigenvalue weighted by atomic mass is 35.5. The molecule has 0 radical (unpaired) electrons. The van der Waals surface area contributed by atoms with Gasteiger partial charge in [-0.1, -0.05) is 48.9 Å². The second-order valence-corrected chi connectivity index (χ2v) is 6.15. The number of halogens is 1. The summed E-state index contributed by atoms with van der Waals surface area (Å²) in [7, 11) is 1.38. The molecule has 0 bridgehead atoms. The molecule has 6 nitrogen and oxygen atoms in total. The summed E-state index contributed by atoms with van der Waals surface area (Å²) in [6.45, 7) is 3.09. The van der Waals surface area contributed by atoms with E-state index in [0.29, 0.717) is 17.7 Å². The maximum Gasteiger partial charge on any atom is 0.342 e. The second-order valence-electron chi connectivity index (χ2n) is 5.75. The maximum absolute atomic E-state index is 12.6. The van der Waals surface area contributed by atoms with Crippen LogP contribution in [0.3, 0.4) is 0 Å². The maximum atomic E-state index is 12.6. The molecule has 0 aliphatic heterocycles. The summed E-state index contributed by atoms with van der Waals surface area (Å²) < 4.78 is 10.6. The Morgan fingerprint density at radius 2 is 1.81 bits per heavy atom. The molecule has 0 saturated heterocycles. The Kier molecular flexibility index (Phi) is 6.96. The van der Waals surface area contributed by atoms with Crippen LogP contribution >= 0.6 is 11.6 Å². The predicted molar refractivity (Wildman–Crippen MR) is 103 cm³/mol. The predicted octanol–water partition coefficient (Wildman–Crippen LogP) is 4.13. The molecular formula is C20H20ClNO5. The normalized spacial score (nSPS) is 11.4. The molecule has 1 amide bonds. The van der Waals surface area contributed by atoms with Gasteiger partial charge in [0.05, 0.1) is 17.8 Å². The number of esters is 1.